The Labute approximate surface area is 101 Å². The summed E-state index contributed by atoms with van der Waals surface area (Å²) in [7, 11) is 0. The van der Waals surface area contributed by atoms with Crippen molar-refractivity contribution in [1.29, 1.82) is 0 Å². The molecule has 0 aliphatic heterocycles. The van der Waals surface area contributed by atoms with Gasteiger partial charge >= 0.3 is 5.69 Å². The van der Waals surface area contributed by atoms with E-state index in [2.05, 4.69) is 15.9 Å². The van der Waals surface area contributed by atoms with Crippen molar-refractivity contribution >= 4 is 21.6 Å². The Bertz CT molecular complexity index is 446. The molecule has 0 aromatic heterocycles. The molecule has 1 aromatic carbocycles. The Kier molecular flexibility index (Phi) is 2.86. The highest BCUT2D eigenvalue weighted by atomic mass is 79.9. The van der Waals surface area contributed by atoms with Gasteiger partial charge in [0.25, 0.3) is 0 Å². The van der Waals surface area contributed by atoms with Crippen LogP contribution in [0.4, 0.5) is 5.69 Å². The minimum absolute atomic E-state index is 0.305. The number of nitro benzene ring substituents is 1. The second-order valence-electron chi connectivity index (χ2n) is 3.98. The van der Waals surface area contributed by atoms with Gasteiger partial charge in [-0.3, -0.25) is 10.1 Å². The molecule has 1 atom stereocenters. The second-order valence-corrected chi connectivity index (χ2v) is 4.90. The topological polar surface area (TPSA) is 89.4 Å². The van der Waals surface area contributed by atoms with Gasteiger partial charge in [0.15, 0.2) is 5.75 Å². The smallest absolute Gasteiger partial charge is 0.312 e. The van der Waals surface area contributed by atoms with E-state index in [1.807, 2.05) is 0 Å². The molecule has 0 radical (unpaired) electrons. The number of halogens is 1. The van der Waals surface area contributed by atoms with Gasteiger partial charge in [-0.05, 0) is 24.8 Å². The monoisotopic (exact) mass is 286 g/mol. The van der Waals surface area contributed by atoms with Gasteiger partial charge in [0.05, 0.1) is 4.92 Å². The molecule has 0 spiro atoms. The number of benzene rings is 1. The zero-order valence-corrected chi connectivity index (χ0v) is 9.98. The van der Waals surface area contributed by atoms with Gasteiger partial charge in [0.1, 0.15) is 0 Å². The first-order chi connectivity index (χ1) is 7.50. The molecular weight excluding hydrogens is 276 g/mol. The summed E-state index contributed by atoms with van der Waals surface area (Å²) in [5.74, 6) is 0.0207. The van der Waals surface area contributed by atoms with E-state index in [0.717, 1.165) is 12.8 Å². The highest BCUT2D eigenvalue weighted by molar-refractivity contribution is 9.10. The maximum atomic E-state index is 10.7. The van der Waals surface area contributed by atoms with E-state index in [1.54, 1.807) is 6.07 Å². The van der Waals surface area contributed by atoms with E-state index in [4.69, 9.17) is 5.73 Å². The van der Waals surface area contributed by atoms with Crippen molar-refractivity contribution in [2.24, 2.45) is 11.7 Å². The molecule has 1 aromatic rings. The summed E-state index contributed by atoms with van der Waals surface area (Å²) in [4.78, 5) is 10.1. The Hall–Kier alpha value is -1.14. The Morgan fingerprint density at radius 1 is 1.56 bits per heavy atom. The Balaban J connectivity index is 2.47. The van der Waals surface area contributed by atoms with Crippen LogP contribution in [-0.4, -0.2) is 10.0 Å². The lowest BCUT2D eigenvalue weighted by atomic mass is 10.0. The maximum Gasteiger partial charge on any atom is 0.312 e. The molecule has 0 saturated heterocycles. The molecule has 16 heavy (non-hydrogen) atoms. The van der Waals surface area contributed by atoms with Crippen molar-refractivity contribution in [3.8, 4) is 5.75 Å². The summed E-state index contributed by atoms with van der Waals surface area (Å²) >= 11 is 3.18. The van der Waals surface area contributed by atoms with Crippen LogP contribution < -0.4 is 5.73 Å². The van der Waals surface area contributed by atoms with E-state index < -0.39 is 4.92 Å². The highest BCUT2D eigenvalue weighted by Gasteiger charge is 2.33. The van der Waals surface area contributed by atoms with E-state index in [9.17, 15) is 15.2 Å². The molecule has 0 unspecified atom stereocenters. The first kappa shape index (κ1) is 11.3. The van der Waals surface area contributed by atoms with Gasteiger partial charge in [0.2, 0.25) is 0 Å². The van der Waals surface area contributed by atoms with Gasteiger partial charge in [-0.2, -0.15) is 0 Å². The van der Waals surface area contributed by atoms with E-state index in [1.165, 1.54) is 6.07 Å². The fourth-order valence-corrected chi connectivity index (χ4v) is 2.17. The van der Waals surface area contributed by atoms with Crippen molar-refractivity contribution in [3.05, 3.63) is 32.3 Å². The number of phenols is 1. The van der Waals surface area contributed by atoms with Crippen LogP contribution in [0.25, 0.3) is 0 Å². The molecule has 0 amide bonds. The molecule has 86 valence electrons. The average molecular weight is 287 g/mol. The quantitative estimate of drug-likeness (QED) is 0.660. The van der Waals surface area contributed by atoms with Crippen LogP contribution in [0.15, 0.2) is 16.6 Å². The van der Waals surface area contributed by atoms with Gasteiger partial charge in [-0.15, -0.1) is 0 Å². The maximum absolute atomic E-state index is 10.7. The first-order valence-corrected chi connectivity index (χ1v) is 5.72. The number of rotatable bonds is 3. The average Bonchev–Trinajstić information content (AvgIpc) is 3.03. The third-order valence-corrected chi connectivity index (χ3v) is 3.23. The first-order valence-electron chi connectivity index (χ1n) is 4.93. The SMILES string of the molecule is N[C@@H](c1cc(Br)cc([N+](=O)[O-])c1O)C1CC1. The number of hydrogen-bond donors (Lipinski definition) is 2. The number of nitrogens with zero attached hydrogens (tertiary/aromatic N) is 1. The third-order valence-electron chi connectivity index (χ3n) is 2.77. The van der Waals surface area contributed by atoms with Gasteiger partial charge in [-0.1, -0.05) is 15.9 Å². The lowest BCUT2D eigenvalue weighted by molar-refractivity contribution is -0.386. The summed E-state index contributed by atoms with van der Waals surface area (Å²) in [6, 6.07) is 2.60. The summed E-state index contributed by atoms with van der Waals surface area (Å²) < 4.78 is 0.558. The van der Waals surface area contributed by atoms with Crippen molar-refractivity contribution in [2.75, 3.05) is 0 Å². The molecule has 0 bridgehead atoms. The summed E-state index contributed by atoms with van der Waals surface area (Å²) in [5.41, 5.74) is 6.08. The molecule has 1 fully saturated rings. The molecule has 1 saturated carbocycles. The van der Waals surface area contributed by atoms with Crippen LogP contribution in [0.5, 0.6) is 5.75 Å². The van der Waals surface area contributed by atoms with Crippen molar-refractivity contribution < 1.29 is 10.0 Å². The molecule has 3 N–H and O–H groups in total. The summed E-state index contributed by atoms with van der Waals surface area (Å²) in [6.07, 6.45) is 2.03. The zero-order chi connectivity index (χ0) is 11.9. The Morgan fingerprint density at radius 2 is 2.19 bits per heavy atom. The van der Waals surface area contributed by atoms with E-state index in [-0.39, 0.29) is 17.5 Å². The van der Waals surface area contributed by atoms with Crippen LogP contribution in [-0.2, 0) is 0 Å². The van der Waals surface area contributed by atoms with Crippen LogP contribution in [0.1, 0.15) is 24.4 Å². The largest absolute Gasteiger partial charge is 0.502 e. The molecule has 1 aliphatic rings. The third kappa shape index (κ3) is 2.03. The number of phenolic OH excluding ortho intramolecular Hbond substituents is 1. The lowest BCUT2D eigenvalue weighted by Crippen LogP contribution is -2.13. The van der Waals surface area contributed by atoms with Crippen LogP contribution >= 0.6 is 15.9 Å². The predicted octanol–water partition coefficient (Wildman–Crippen LogP) is 2.47. The molecule has 1 aliphatic carbocycles. The predicted molar refractivity (Wildman–Crippen MR) is 62.1 cm³/mol. The van der Waals surface area contributed by atoms with Gasteiger partial charge in [0, 0.05) is 22.1 Å². The number of nitro groups is 1. The Morgan fingerprint density at radius 3 is 2.69 bits per heavy atom. The summed E-state index contributed by atoms with van der Waals surface area (Å²) in [6.45, 7) is 0. The highest BCUT2D eigenvalue weighted by Crippen LogP contribution is 2.45. The zero-order valence-electron chi connectivity index (χ0n) is 8.39. The number of aromatic hydroxyl groups is 1. The molecule has 0 heterocycles. The number of hydrogen-bond acceptors (Lipinski definition) is 4. The molecule has 5 nitrogen and oxygen atoms in total. The molecule has 2 rings (SSSR count). The van der Waals surface area contributed by atoms with Crippen molar-refractivity contribution in [1.82, 2.24) is 0 Å². The molecule has 6 heteroatoms. The van der Waals surface area contributed by atoms with E-state index in [0.29, 0.717) is 16.0 Å². The fraction of sp³-hybridized carbons (Fsp3) is 0.400. The molecular formula is C10H11BrN2O3. The lowest BCUT2D eigenvalue weighted by Gasteiger charge is -2.13. The minimum atomic E-state index is -0.608. The fourth-order valence-electron chi connectivity index (χ4n) is 1.71. The van der Waals surface area contributed by atoms with Crippen LogP contribution in [0.3, 0.4) is 0 Å². The van der Waals surface area contributed by atoms with Gasteiger partial charge < -0.3 is 10.8 Å². The summed E-state index contributed by atoms with van der Waals surface area (Å²) in [5, 5.41) is 20.5. The second kappa shape index (κ2) is 4.03. The normalized spacial score (nSPS) is 17.1. The minimum Gasteiger partial charge on any atom is -0.502 e. The number of nitrogens with two attached hydrogens (primary N) is 1. The van der Waals surface area contributed by atoms with Gasteiger partial charge in [-0.25, -0.2) is 0 Å². The van der Waals surface area contributed by atoms with Crippen LogP contribution in [0.2, 0.25) is 0 Å². The van der Waals surface area contributed by atoms with Crippen molar-refractivity contribution in [3.63, 3.8) is 0 Å². The van der Waals surface area contributed by atoms with Crippen LogP contribution in [0, 0.1) is 16.0 Å². The van der Waals surface area contributed by atoms with Crippen molar-refractivity contribution in [2.45, 2.75) is 18.9 Å². The van der Waals surface area contributed by atoms with E-state index >= 15 is 0 Å². The standard InChI is InChI=1S/C10H11BrN2O3/c11-6-3-7(9(12)5-1-2-5)10(14)8(4-6)13(15)16/h3-5,9,14H,1-2,12H2/t9-/m1/s1.